The maximum Gasteiger partial charge on any atom is 0.315 e. The van der Waals surface area contributed by atoms with E-state index in [0.29, 0.717) is 24.5 Å². The summed E-state index contributed by atoms with van der Waals surface area (Å²) in [4.78, 5) is 0. The average Bonchev–Trinajstić information content (AvgIpc) is 2.73. The lowest BCUT2D eigenvalue weighted by atomic mass is 10.3. The van der Waals surface area contributed by atoms with E-state index in [4.69, 9.17) is 4.42 Å². The molecule has 2 rings (SSSR count). The molecule has 1 aromatic rings. The fourth-order valence-corrected chi connectivity index (χ4v) is 1.24. The lowest BCUT2D eigenvalue weighted by Gasteiger charge is -2.07. The van der Waals surface area contributed by atoms with Crippen LogP contribution in [0.2, 0.25) is 0 Å². The summed E-state index contributed by atoms with van der Waals surface area (Å²) in [5, 5.41) is 14.4. The molecule has 84 valence electrons. The van der Waals surface area contributed by atoms with Crippen molar-refractivity contribution in [1.82, 2.24) is 15.5 Å². The van der Waals surface area contributed by atoms with Crippen molar-refractivity contribution in [3.05, 3.63) is 5.89 Å². The third-order valence-electron chi connectivity index (χ3n) is 2.54. The molecular formula is C10H18N4O. The number of aromatic nitrogens is 2. The van der Waals surface area contributed by atoms with E-state index >= 15 is 0 Å². The number of nitrogens with one attached hydrogen (secondary N) is 2. The maximum atomic E-state index is 5.45. The van der Waals surface area contributed by atoms with E-state index in [9.17, 15) is 0 Å². The molecule has 5 heteroatoms. The molecular weight excluding hydrogens is 192 g/mol. The Morgan fingerprint density at radius 2 is 2.13 bits per heavy atom. The molecule has 1 fully saturated rings. The Morgan fingerprint density at radius 1 is 1.40 bits per heavy atom. The molecule has 1 aromatic heterocycles. The van der Waals surface area contributed by atoms with E-state index in [2.05, 4.69) is 41.6 Å². The van der Waals surface area contributed by atoms with Gasteiger partial charge in [0, 0.05) is 11.6 Å². The molecule has 1 saturated carbocycles. The quantitative estimate of drug-likeness (QED) is 0.771. The van der Waals surface area contributed by atoms with Crippen molar-refractivity contribution in [1.29, 1.82) is 0 Å². The predicted octanol–water partition coefficient (Wildman–Crippen LogP) is 1.53. The fourth-order valence-electron chi connectivity index (χ4n) is 1.24. The summed E-state index contributed by atoms with van der Waals surface area (Å²) >= 11 is 0. The molecule has 0 amide bonds. The van der Waals surface area contributed by atoms with Crippen molar-refractivity contribution >= 4 is 6.01 Å². The Labute approximate surface area is 89.6 Å². The van der Waals surface area contributed by atoms with Crippen LogP contribution in [0.15, 0.2) is 4.42 Å². The van der Waals surface area contributed by atoms with E-state index in [0.717, 1.165) is 0 Å². The maximum absolute atomic E-state index is 5.45. The summed E-state index contributed by atoms with van der Waals surface area (Å²) in [5.41, 5.74) is 0.190. The minimum Gasteiger partial charge on any atom is -0.407 e. The van der Waals surface area contributed by atoms with Crippen molar-refractivity contribution < 1.29 is 4.42 Å². The smallest absolute Gasteiger partial charge is 0.315 e. The third kappa shape index (κ3) is 2.92. The lowest BCUT2D eigenvalue weighted by Crippen LogP contribution is -2.21. The second-order valence-electron chi connectivity index (χ2n) is 4.72. The Hall–Kier alpha value is -1.10. The number of hydrogen-bond donors (Lipinski definition) is 2. The second kappa shape index (κ2) is 3.81. The Kier molecular flexibility index (Phi) is 2.65. The van der Waals surface area contributed by atoms with Crippen LogP contribution in [-0.2, 0) is 6.54 Å². The van der Waals surface area contributed by atoms with Gasteiger partial charge in [-0.1, -0.05) is 18.9 Å². The number of nitrogens with zero attached hydrogens (tertiary/aromatic N) is 2. The molecule has 1 aliphatic rings. The van der Waals surface area contributed by atoms with Crippen molar-refractivity contribution in [2.45, 2.75) is 51.7 Å². The van der Waals surface area contributed by atoms with Gasteiger partial charge in [-0.2, -0.15) is 0 Å². The summed E-state index contributed by atoms with van der Waals surface area (Å²) in [6.45, 7) is 6.95. The van der Waals surface area contributed by atoms with Gasteiger partial charge in [0.15, 0.2) is 0 Å². The summed E-state index contributed by atoms with van der Waals surface area (Å²) in [6.07, 6.45) is 2.35. The van der Waals surface area contributed by atoms with E-state index in [-0.39, 0.29) is 5.54 Å². The zero-order chi connectivity index (χ0) is 10.9. The Morgan fingerprint density at radius 3 is 2.73 bits per heavy atom. The predicted molar refractivity (Wildman–Crippen MR) is 57.5 cm³/mol. The first-order valence-corrected chi connectivity index (χ1v) is 5.41. The fraction of sp³-hybridized carbons (Fsp3) is 0.800. The van der Waals surface area contributed by atoms with E-state index in [1.807, 2.05) is 0 Å². The van der Waals surface area contributed by atoms with Gasteiger partial charge in [-0.3, -0.25) is 0 Å². The van der Waals surface area contributed by atoms with Gasteiger partial charge >= 0.3 is 6.01 Å². The zero-order valence-corrected chi connectivity index (χ0v) is 9.50. The second-order valence-corrected chi connectivity index (χ2v) is 4.72. The molecule has 0 unspecified atom stereocenters. The van der Waals surface area contributed by atoms with Crippen LogP contribution < -0.4 is 10.6 Å². The number of anilines is 1. The molecule has 0 radical (unpaired) electrons. The number of rotatable bonds is 5. The van der Waals surface area contributed by atoms with Gasteiger partial charge < -0.3 is 15.1 Å². The van der Waals surface area contributed by atoms with Gasteiger partial charge in [-0.05, 0) is 19.8 Å². The van der Waals surface area contributed by atoms with E-state index in [1.165, 1.54) is 12.8 Å². The summed E-state index contributed by atoms with van der Waals surface area (Å²) in [5.74, 6) is 0.635. The molecule has 0 atom stereocenters. The van der Waals surface area contributed by atoms with Crippen molar-refractivity contribution in [3.8, 4) is 0 Å². The van der Waals surface area contributed by atoms with E-state index < -0.39 is 0 Å². The monoisotopic (exact) mass is 210 g/mol. The molecule has 15 heavy (non-hydrogen) atoms. The molecule has 0 bridgehead atoms. The standard InChI is InChI=1S/C10H18N4O/c1-7(2)11-6-8-13-14-9(15-8)12-10(3)4-5-10/h7,11H,4-6H2,1-3H3,(H,12,14). The Bertz CT molecular complexity index is 330. The lowest BCUT2D eigenvalue weighted by molar-refractivity contribution is 0.455. The van der Waals surface area contributed by atoms with Crippen molar-refractivity contribution in [3.63, 3.8) is 0 Å². The third-order valence-corrected chi connectivity index (χ3v) is 2.54. The van der Waals surface area contributed by atoms with Crippen molar-refractivity contribution in [2.75, 3.05) is 5.32 Å². The van der Waals surface area contributed by atoms with Crippen LogP contribution in [0.5, 0.6) is 0 Å². The van der Waals surface area contributed by atoms with Gasteiger partial charge in [-0.25, -0.2) is 0 Å². The highest BCUT2D eigenvalue weighted by Gasteiger charge is 2.38. The highest BCUT2D eigenvalue weighted by atomic mass is 16.4. The molecule has 2 N–H and O–H groups in total. The van der Waals surface area contributed by atoms with Crippen LogP contribution in [0.4, 0.5) is 6.01 Å². The van der Waals surface area contributed by atoms with Gasteiger partial charge in [-0.15, -0.1) is 5.10 Å². The first-order chi connectivity index (χ1) is 7.07. The van der Waals surface area contributed by atoms with E-state index in [1.54, 1.807) is 0 Å². The summed E-state index contributed by atoms with van der Waals surface area (Å²) in [6, 6.07) is 0.963. The molecule has 1 aliphatic carbocycles. The Balaban J connectivity index is 1.86. The number of hydrogen-bond acceptors (Lipinski definition) is 5. The zero-order valence-electron chi connectivity index (χ0n) is 9.50. The highest BCUT2D eigenvalue weighted by molar-refractivity contribution is 5.28. The highest BCUT2D eigenvalue weighted by Crippen LogP contribution is 2.37. The van der Waals surface area contributed by atoms with Crippen LogP contribution in [0.1, 0.15) is 39.5 Å². The largest absolute Gasteiger partial charge is 0.407 e. The normalized spacial score (nSPS) is 18.1. The van der Waals surface area contributed by atoms with Crippen LogP contribution in [0.3, 0.4) is 0 Å². The molecule has 0 spiro atoms. The van der Waals surface area contributed by atoms with Crippen LogP contribution in [0.25, 0.3) is 0 Å². The SMILES string of the molecule is CC(C)NCc1nnc(NC2(C)CC2)o1. The summed E-state index contributed by atoms with van der Waals surface area (Å²) in [7, 11) is 0. The van der Waals surface area contributed by atoms with Crippen molar-refractivity contribution in [2.24, 2.45) is 0 Å². The first kappa shape index (κ1) is 10.4. The molecule has 0 aromatic carbocycles. The molecule has 1 heterocycles. The van der Waals surface area contributed by atoms with Gasteiger partial charge in [0.2, 0.25) is 5.89 Å². The average molecular weight is 210 g/mol. The molecule has 0 aliphatic heterocycles. The topological polar surface area (TPSA) is 63.0 Å². The van der Waals surface area contributed by atoms with Crippen LogP contribution in [0, 0.1) is 0 Å². The minimum absolute atomic E-state index is 0.190. The van der Waals surface area contributed by atoms with Crippen LogP contribution in [-0.4, -0.2) is 21.8 Å². The van der Waals surface area contributed by atoms with Gasteiger partial charge in [0.25, 0.3) is 0 Å². The first-order valence-electron chi connectivity index (χ1n) is 5.41. The van der Waals surface area contributed by atoms with Gasteiger partial charge in [0.1, 0.15) is 0 Å². The summed E-state index contributed by atoms with van der Waals surface area (Å²) < 4.78 is 5.45. The van der Waals surface area contributed by atoms with Crippen LogP contribution >= 0.6 is 0 Å². The van der Waals surface area contributed by atoms with Gasteiger partial charge in [0.05, 0.1) is 6.54 Å². The minimum atomic E-state index is 0.190. The molecule has 5 nitrogen and oxygen atoms in total. The molecule has 0 saturated heterocycles.